The highest BCUT2D eigenvalue weighted by Gasteiger charge is 2.35. The highest BCUT2D eigenvalue weighted by atomic mass is 19.4. The van der Waals surface area contributed by atoms with Gasteiger partial charge in [-0.3, -0.25) is 0 Å². The molecule has 3 aromatic rings. The molecule has 0 spiro atoms. The standard InChI is InChI=1S/C18H15F3N2/c1-12-8-9-15(13(2)10-12)16-11-17(18(19,20)21)22-23(16)14-6-4-3-5-7-14/h3-11H,1-2H3. The van der Waals surface area contributed by atoms with Crippen LogP contribution in [0, 0.1) is 13.8 Å². The van der Waals surface area contributed by atoms with Gasteiger partial charge in [0.15, 0.2) is 5.69 Å². The average molecular weight is 316 g/mol. The highest BCUT2D eigenvalue weighted by Crippen LogP contribution is 2.34. The SMILES string of the molecule is Cc1ccc(-c2cc(C(F)(F)F)nn2-c2ccccc2)c(C)c1. The van der Waals surface area contributed by atoms with E-state index in [0.29, 0.717) is 11.4 Å². The third kappa shape index (κ3) is 2.99. The van der Waals surface area contributed by atoms with Crippen molar-refractivity contribution in [3.8, 4) is 16.9 Å². The number of rotatable bonds is 2. The first-order valence-electron chi connectivity index (χ1n) is 7.16. The summed E-state index contributed by atoms with van der Waals surface area (Å²) in [7, 11) is 0. The van der Waals surface area contributed by atoms with E-state index >= 15 is 0 Å². The summed E-state index contributed by atoms with van der Waals surface area (Å²) in [6.45, 7) is 3.84. The molecular weight excluding hydrogens is 301 g/mol. The maximum atomic E-state index is 13.1. The van der Waals surface area contributed by atoms with Gasteiger partial charge < -0.3 is 0 Å². The fourth-order valence-corrected chi connectivity index (χ4v) is 2.58. The number of alkyl halides is 3. The summed E-state index contributed by atoms with van der Waals surface area (Å²) in [5, 5.41) is 3.78. The van der Waals surface area contributed by atoms with Gasteiger partial charge in [-0.2, -0.15) is 18.3 Å². The summed E-state index contributed by atoms with van der Waals surface area (Å²) >= 11 is 0. The summed E-state index contributed by atoms with van der Waals surface area (Å²) < 4.78 is 40.7. The first kappa shape index (κ1) is 15.3. The van der Waals surface area contributed by atoms with Crippen LogP contribution >= 0.6 is 0 Å². The third-order valence-electron chi connectivity index (χ3n) is 3.66. The molecule has 0 saturated heterocycles. The van der Waals surface area contributed by atoms with Crippen LogP contribution in [0.25, 0.3) is 16.9 Å². The van der Waals surface area contributed by atoms with Crippen LogP contribution in [0.3, 0.4) is 0 Å². The van der Waals surface area contributed by atoms with Crippen molar-refractivity contribution in [2.24, 2.45) is 0 Å². The molecule has 0 fully saturated rings. The largest absolute Gasteiger partial charge is 0.435 e. The Morgan fingerprint density at radius 3 is 2.22 bits per heavy atom. The molecule has 0 aliphatic carbocycles. The maximum Gasteiger partial charge on any atom is 0.435 e. The van der Waals surface area contributed by atoms with Crippen LogP contribution in [-0.4, -0.2) is 9.78 Å². The van der Waals surface area contributed by atoms with E-state index in [4.69, 9.17) is 0 Å². The van der Waals surface area contributed by atoms with E-state index < -0.39 is 11.9 Å². The second-order valence-corrected chi connectivity index (χ2v) is 5.48. The normalized spacial score (nSPS) is 11.7. The molecule has 0 aliphatic heterocycles. The molecule has 1 aromatic heterocycles. The van der Waals surface area contributed by atoms with Gasteiger partial charge in [0.25, 0.3) is 0 Å². The smallest absolute Gasteiger partial charge is 0.232 e. The van der Waals surface area contributed by atoms with Gasteiger partial charge in [0.05, 0.1) is 11.4 Å². The lowest BCUT2D eigenvalue weighted by Gasteiger charge is -2.10. The van der Waals surface area contributed by atoms with E-state index in [1.165, 1.54) is 4.68 Å². The van der Waals surface area contributed by atoms with Crippen LogP contribution < -0.4 is 0 Å². The van der Waals surface area contributed by atoms with E-state index in [2.05, 4.69) is 5.10 Å². The Balaban J connectivity index is 2.24. The van der Waals surface area contributed by atoms with Crippen LogP contribution in [0.4, 0.5) is 13.2 Å². The molecule has 118 valence electrons. The molecule has 5 heteroatoms. The first-order valence-corrected chi connectivity index (χ1v) is 7.16. The van der Waals surface area contributed by atoms with Crippen LogP contribution in [0.2, 0.25) is 0 Å². The van der Waals surface area contributed by atoms with Crippen LogP contribution in [0.1, 0.15) is 16.8 Å². The average Bonchev–Trinajstić information content (AvgIpc) is 2.93. The summed E-state index contributed by atoms with van der Waals surface area (Å²) in [6.07, 6.45) is -4.48. The second-order valence-electron chi connectivity index (χ2n) is 5.48. The fraction of sp³-hybridized carbons (Fsp3) is 0.167. The van der Waals surface area contributed by atoms with Crippen molar-refractivity contribution < 1.29 is 13.2 Å². The summed E-state index contributed by atoms with van der Waals surface area (Å²) in [5.74, 6) is 0. The molecule has 2 nitrogen and oxygen atoms in total. The minimum absolute atomic E-state index is 0.432. The molecule has 0 amide bonds. The van der Waals surface area contributed by atoms with Crippen molar-refractivity contribution in [1.29, 1.82) is 0 Å². The van der Waals surface area contributed by atoms with Gasteiger partial charge in [-0.25, -0.2) is 4.68 Å². The summed E-state index contributed by atoms with van der Waals surface area (Å²) in [6, 6.07) is 15.6. The zero-order valence-electron chi connectivity index (χ0n) is 12.7. The third-order valence-corrected chi connectivity index (χ3v) is 3.66. The Kier molecular flexibility index (Phi) is 3.72. The minimum atomic E-state index is -4.48. The number of nitrogens with zero attached hydrogens (tertiary/aromatic N) is 2. The fourth-order valence-electron chi connectivity index (χ4n) is 2.58. The van der Waals surface area contributed by atoms with Crippen molar-refractivity contribution in [3.05, 3.63) is 71.4 Å². The highest BCUT2D eigenvalue weighted by molar-refractivity contribution is 5.67. The molecule has 3 rings (SSSR count). The number of aromatic nitrogens is 2. The van der Waals surface area contributed by atoms with Gasteiger partial charge in [0.2, 0.25) is 0 Å². The van der Waals surface area contributed by atoms with Crippen LogP contribution in [0.5, 0.6) is 0 Å². The molecular formula is C18H15F3N2. The molecule has 0 atom stereocenters. The molecule has 0 unspecified atom stereocenters. The van der Waals surface area contributed by atoms with E-state index in [-0.39, 0.29) is 0 Å². The van der Waals surface area contributed by atoms with E-state index in [1.54, 1.807) is 24.3 Å². The van der Waals surface area contributed by atoms with Gasteiger partial charge in [0.1, 0.15) is 0 Å². The van der Waals surface area contributed by atoms with Crippen molar-refractivity contribution >= 4 is 0 Å². The van der Waals surface area contributed by atoms with Crippen molar-refractivity contribution in [2.75, 3.05) is 0 Å². The van der Waals surface area contributed by atoms with E-state index in [0.717, 1.165) is 22.8 Å². The molecule has 0 saturated carbocycles. The van der Waals surface area contributed by atoms with Gasteiger partial charge in [-0.1, -0.05) is 42.0 Å². The number of hydrogen-bond acceptors (Lipinski definition) is 1. The lowest BCUT2D eigenvalue weighted by Crippen LogP contribution is -2.07. The van der Waals surface area contributed by atoms with Gasteiger partial charge in [0, 0.05) is 5.56 Å². The van der Waals surface area contributed by atoms with Crippen molar-refractivity contribution in [3.63, 3.8) is 0 Å². The lowest BCUT2D eigenvalue weighted by molar-refractivity contribution is -0.141. The zero-order chi connectivity index (χ0) is 16.6. The van der Waals surface area contributed by atoms with E-state index in [9.17, 15) is 13.2 Å². The van der Waals surface area contributed by atoms with Gasteiger partial charge in [-0.15, -0.1) is 0 Å². The van der Waals surface area contributed by atoms with Crippen LogP contribution in [0.15, 0.2) is 54.6 Å². The Hall–Kier alpha value is -2.56. The zero-order valence-corrected chi connectivity index (χ0v) is 12.7. The lowest BCUT2D eigenvalue weighted by atomic mass is 10.0. The number of hydrogen-bond donors (Lipinski definition) is 0. The predicted molar refractivity (Wildman–Crippen MR) is 83.5 cm³/mol. The quantitative estimate of drug-likeness (QED) is 0.637. The topological polar surface area (TPSA) is 17.8 Å². The molecule has 23 heavy (non-hydrogen) atoms. The Morgan fingerprint density at radius 2 is 1.61 bits per heavy atom. The number of aryl methyl sites for hydroxylation is 2. The van der Waals surface area contributed by atoms with Crippen molar-refractivity contribution in [2.45, 2.75) is 20.0 Å². The Bertz CT molecular complexity index is 833. The summed E-state index contributed by atoms with van der Waals surface area (Å²) in [4.78, 5) is 0. The van der Waals surface area contributed by atoms with Gasteiger partial charge in [-0.05, 0) is 37.6 Å². The number of benzene rings is 2. The Labute approximate surface area is 132 Å². The second kappa shape index (κ2) is 5.57. The predicted octanol–water partition coefficient (Wildman–Crippen LogP) is 5.17. The van der Waals surface area contributed by atoms with E-state index in [1.807, 2.05) is 38.1 Å². The molecule has 2 aromatic carbocycles. The molecule has 0 aliphatic rings. The van der Waals surface area contributed by atoms with Crippen LogP contribution in [-0.2, 0) is 6.18 Å². The number of halogens is 3. The maximum absolute atomic E-state index is 13.1. The molecule has 1 heterocycles. The minimum Gasteiger partial charge on any atom is -0.232 e. The summed E-state index contributed by atoms with van der Waals surface area (Å²) in [5.41, 5.74) is 2.85. The monoisotopic (exact) mass is 316 g/mol. The van der Waals surface area contributed by atoms with Gasteiger partial charge >= 0.3 is 6.18 Å². The number of para-hydroxylation sites is 1. The Morgan fingerprint density at radius 1 is 0.913 bits per heavy atom. The molecule has 0 radical (unpaired) electrons. The van der Waals surface area contributed by atoms with Crippen molar-refractivity contribution in [1.82, 2.24) is 9.78 Å². The molecule has 0 bridgehead atoms. The molecule has 0 N–H and O–H groups in total. The first-order chi connectivity index (χ1) is 10.9.